The SMILES string of the molecule is O=C1CC[C@@H]2CNCC[C@H]2N1Cc1ccccc1. The number of benzene rings is 1. The molecule has 0 aromatic heterocycles. The number of fused-ring (bicyclic) bond motifs is 1. The molecule has 2 heterocycles. The second-order valence-electron chi connectivity index (χ2n) is 5.37. The van der Waals surface area contributed by atoms with Gasteiger partial charge in [-0.1, -0.05) is 30.3 Å². The predicted octanol–water partition coefficient (Wildman–Crippen LogP) is 1.79. The normalized spacial score (nSPS) is 28.0. The Morgan fingerprint density at radius 2 is 2.06 bits per heavy atom. The molecule has 3 heteroatoms. The van der Waals surface area contributed by atoms with E-state index in [1.165, 1.54) is 5.56 Å². The summed E-state index contributed by atoms with van der Waals surface area (Å²) in [5.41, 5.74) is 1.24. The average molecular weight is 244 g/mol. The lowest BCUT2D eigenvalue weighted by atomic mass is 9.84. The van der Waals surface area contributed by atoms with Gasteiger partial charge in [0, 0.05) is 19.0 Å². The fourth-order valence-electron chi connectivity index (χ4n) is 3.24. The minimum Gasteiger partial charge on any atom is -0.335 e. The number of nitrogens with one attached hydrogen (secondary N) is 1. The van der Waals surface area contributed by atoms with Crippen molar-refractivity contribution in [3.8, 4) is 0 Å². The first-order valence-electron chi connectivity index (χ1n) is 6.89. The molecule has 0 bridgehead atoms. The number of hydrogen-bond acceptors (Lipinski definition) is 2. The van der Waals surface area contributed by atoms with Gasteiger partial charge < -0.3 is 10.2 Å². The van der Waals surface area contributed by atoms with E-state index in [1.54, 1.807) is 0 Å². The van der Waals surface area contributed by atoms with Gasteiger partial charge in [-0.2, -0.15) is 0 Å². The number of rotatable bonds is 2. The molecule has 96 valence electrons. The fraction of sp³-hybridized carbons (Fsp3) is 0.533. The first-order valence-corrected chi connectivity index (χ1v) is 6.89. The van der Waals surface area contributed by atoms with Crippen LogP contribution in [0.4, 0.5) is 0 Å². The lowest BCUT2D eigenvalue weighted by molar-refractivity contribution is -0.140. The van der Waals surface area contributed by atoms with Gasteiger partial charge in [0.05, 0.1) is 0 Å². The van der Waals surface area contributed by atoms with Crippen LogP contribution in [0, 0.1) is 5.92 Å². The molecule has 1 N–H and O–H groups in total. The van der Waals surface area contributed by atoms with Gasteiger partial charge >= 0.3 is 0 Å². The Kier molecular flexibility index (Phi) is 3.33. The first-order chi connectivity index (χ1) is 8.84. The van der Waals surface area contributed by atoms with Crippen LogP contribution in [0.25, 0.3) is 0 Å². The summed E-state index contributed by atoms with van der Waals surface area (Å²) in [6.07, 6.45) is 2.88. The van der Waals surface area contributed by atoms with Crippen LogP contribution in [-0.2, 0) is 11.3 Å². The van der Waals surface area contributed by atoms with Gasteiger partial charge in [0.25, 0.3) is 0 Å². The smallest absolute Gasteiger partial charge is 0.223 e. The molecule has 0 saturated carbocycles. The van der Waals surface area contributed by atoms with Crippen molar-refractivity contribution in [1.29, 1.82) is 0 Å². The maximum absolute atomic E-state index is 12.2. The lowest BCUT2D eigenvalue weighted by Crippen LogP contribution is -2.54. The molecule has 2 aliphatic heterocycles. The van der Waals surface area contributed by atoms with Crippen LogP contribution in [-0.4, -0.2) is 29.9 Å². The minimum atomic E-state index is 0.335. The Bertz CT molecular complexity index is 418. The zero-order valence-corrected chi connectivity index (χ0v) is 10.6. The summed E-state index contributed by atoms with van der Waals surface area (Å²) in [4.78, 5) is 14.3. The molecule has 0 radical (unpaired) electrons. The van der Waals surface area contributed by atoms with Crippen LogP contribution in [0.5, 0.6) is 0 Å². The third-order valence-electron chi connectivity index (χ3n) is 4.21. The molecular formula is C15H20N2O. The molecule has 18 heavy (non-hydrogen) atoms. The number of likely N-dealkylation sites (tertiary alicyclic amines) is 1. The van der Waals surface area contributed by atoms with E-state index in [9.17, 15) is 4.79 Å². The van der Waals surface area contributed by atoms with E-state index in [1.807, 2.05) is 18.2 Å². The second-order valence-corrected chi connectivity index (χ2v) is 5.37. The van der Waals surface area contributed by atoms with Crippen LogP contribution in [0.1, 0.15) is 24.8 Å². The summed E-state index contributed by atoms with van der Waals surface area (Å²) in [7, 11) is 0. The predicted molar refractivity (Wildman–Crippen MR) is 71.0 cm³/mol. The van der Waals surface area contributed by atoms with E-state index >= 15 is 0 Å². The zero-order chi connectivity index (χ0) is 12.4. The number of carbonyl (C=O) groups is 1. The van der Waals surface area contributed by atoms with E-state index in [-0.39, 0.29) is 0 Å². The quantitative estimate of drug-likeness (QED) is 0.860. The van der Waals surface area contributed by atoms with Gasteiger partial charge in [-0.25, -0.2) is 0 Å². The number of hydrogen-bond donors (Lipinski definition) is 1. The topological polar surface area (TPSA) is 32.3 Å². The number of carbonyl (C=O) groups excluding carboxylic acids is 1. The van der Waals surface area contributed by atoms with Crippen LogP contribution >= 0.6 is 0 Å². The lowest BCUT2D eigenvalue weighted by Gasteiger charge is -2.44. The molecule has 1 aromatic rings. The van der Waals surface area contributed by atoms with E-state index in [0.717, 1.165) is 38.9 Å². The largest absolute Gasteiger partial charge is 0.335 e. The summed E-state index contributed by atoms with van der Waals surface area (Å²) >= 11 is 0. The van der Waals surface area contributed by atoms with Gasteiger partial charge in [0.2, 0.25) is 5.91 Å². The van der Waals surface area contributed by atoms with E-state index in [0.29, 0.717) is 17.9 Å². The highest BCUT2D eigenvalue weighted by Crippen LogP contribution is 2.29. The molecule has 0 aliphatic carbocycles. The highest BCUT2D eigenvalue weighted by Gasteiger charge is 2.36. The van der Waals surface area contributed by atoms with Gasteiger partial charge in [-0.05, 0) is 37.4 Å². The Morgan fingerprint density at radius 3 is 2.89 bits per heavy atom. The van der Waals surface area contributed by atoms with Crippen molar-refractivity contribution in [2.75, 3.05) is 13.1 Å². The third kappa shape index (κ3) is 2.27. The summed E-state index contributed by atoms with van der Waals surface area (Å²) < 4.78 is 0. The number of nitrogens with zero attached hydrogens (tertiary/aromatic N) is 1. The Hall–Kier alpha value is -1.35. The first kappa shape index (κ1) is 11.7. The highest BCUT2D eigenvalue weighted by atomic mass is 16.2. The van der Waals surface area contributed by atoms with Crippen LogP contribution in [0.15, 0.2) is 30.3 Å². The van der Waals surface area contributed by atoms with Crippen LogP contribution in [0.2, 0.25) is 0 Å². The minimum absolute atomic E-state index is 0.335. The van der Waals surface area contributed by atoms with Gasteiger partial charge in [-0.15, -0.1) is 0 Å². The summed E-state index contributed by atoms with van der Waals surface area (Å²) in [5.74, 6) is 0.988. The molecule has 2 saturated heterocycles. The van der Waals surface area contributed by atoms with Gasteiger partial charge in [-0.3, -0.25) is 4.79 Å². The zero-order valence-electron chi connectivity index (χ0n) is 10.6. The molecule has 1 aromatic carbocycles. The van der Waals surface area contributed by atoms with Crippen molar-refractivity contribution in [1.82, 2.24) is 10.2 Å². The fourth-order valence-corrected chi connectivity index (χ4v) is 3.24. The standard InChI is InChI=1S/C15H20N2O/c18-15-7-6-13-10-16-9-8-14(13)17(15)11-12-4-2-1-3-5-12/h1-5,13-14,16H,6-11H2/t13-,14-/m1/s1. The maximum Gasteiger partial charge on any atom is 0.223 e. The summed E-state index contributed by atoms with van der Waals surface area (Å²) in [6.45, 7) is 2.89. The summed E-state index contributed by atoms with van der Waals surface area (Å²) in [5, 5.41) is 3.45. The van der Waals surface area contributed by atoms with Crippen LogP contribution in [0.3, 0.4) is 0 Å². The van der Waals surface area contributed by atoms with Crippen molar-refractivity contribution >= 4 is 5.91 Å². The molecule has 1 amide bonds. The molecular weight excluding hydrogens is 224 g/mol. The Morgan fingerprint density at radius 1 is 1.22 bits per heavy atom. The summed E-state index contributed by atoms with van der Waals surface area (Å²) in [6, 6.07) is 10.8. The van der Waals surface area contributed by atoms with E-state index in [2.05, 4.69) is 22.3 Å². The molecule has 2 aliphatic rings. The Balaban J connectivity index is 1.77. The Labute approximate surface area is 108 Å². The van der Waals surface area contributed by atoms with Gasteiger partial charge in [0.1, 0.15) is 0 Å². The molecule has 0 spiro atoms. The highest BCUT2D eigenvalue weighted by molar-refractivity contribution is 5.77. The van der Waals surface area contributed by atoms with E-state index < -0.39 is 0 Å². The molecule has 3 nitrogen and oxygen atoms in total. The third-order valence-corrected chi connectivity index (χ3v) is 4.21. The number of amides is 1. The van der Waals surface area contributed by atoms with E-state index in [4.69, 9.17) is 0 Å². The van der Waals surface area contributed by atoms with Crippen molar-refractivity contribution in [2.45, 2.75) is 31.8 Å². The van der Waals surface area contributed by atoms with Crippen molar-refractivity contribution in [3.63, 3.8) is 0 Å². The van der Waals surface area contributed by atoms with Crippen LogP contribution < -0.4 is 5.32 Å². The average Bonchev–Trinajstić information content (AvgIpc) is 2.43. The van der Waals surface area contributed by atoms with Gasteiger partial charge in [0.15, 0.2) is 0 Å². The molecule has 2 fully saturated rings. The monoisotopic (exact) mass is 244 g/mol. The van der Waals surface area contributed by atoms with Crippen molar-refractivity contribution in [2.24, 2.45) is 5.92 Å². The van der Waals surface area contributed by atoms with Crippen molar-refractivity contribution in [3.05, 3.63) is 35.9 Å². The maximum atomic E-state index is 12.2. The molecule has 2 atom stereocenters. The molecule has 0 unspecified atom stereocenters. The number of piperidine rings is 2. The van der Waals surface area contributed by atoms with Crippen molar-refractivity contribution < 1.29 is 4.79 Å². The molecule has 3 rings (SSSR count). The second kappa shape index (κ2) is 5.11.